The van der Waals surface area contributed by atoms with E-state index in [9.17, 15) is 9.18 Å². The summed E-state index contributed by atoms with van der Waals surface area (Å²) in [5.41, 5.74) is 0.557. The van der Waals surface area contributed by atoms with Crippen molar-refractivity contribution in [3.8, 4) is 5.75 Å². The molecule has 2 aliphatic rings. The van der Waals surface area contributed by atoms with E-state index in [1.807, 2.05) is 31.7 Å². The van der Waals surface area contributed by atoms with Crippen molar-refractivity contribution in [2.45, 2.75) is 83.8 Å². The van der Waals surface area contributed by atoms with Crippen molar-refractivity contribution in [1.82, 2.24) is 4.90 Å². The number of benzene rings is 1. The number of ether oxygens (including phenoxy) is 2. The molecule has 1 saturated carbocycles. The highest BCUT2D eigenvalue weighted by Gasteiger charge is 2.43. The number of carbonyl (C=O) groups excluding carboxylic acids is 1. The molecule has 1 unspecified atom stereocenters. The first kappa shape index (κ1) is 20.9. The van der Waals surface area contributed by atoms with Crippen molar-refractivity contribution in [3.63, 3.8) is 0 Å². The minimum Gasteiger partial charge on any atom is -0.497 e. The molecular weight excluding hydrogens is 357 g/mol. The van der Waals surface area contributed by atoms with E-state index in [0.29, 0.717) is 12.2 Å². The molecule has 0 radical (unpaired) electrons. The van der Waals surface area contributed by atoms with Crippen LogP contribution in [0.1, 0.15) is 71.3 Å². The maximum absolute atomic E-state index is 13.9. The van der Waals surface area contributed by atoms with Gasteiger partial charge in [0.05, 0.1) is 7.11 Å². The predicted octanol–water partition coefficient (Wildman–Crippen LogP) is 5.73. The van der Waals surface area contributed by atoms with Crippen molar-refractivity contribution in [3.05, 3.63) is 29.6 Å². The van der Waals surface area contributed by atoms with E-state index < -0.39 is 5.60 Å². The standard InChI is InChI=1S/C23H34FNO3/c1-22(2,3)28-21(26)25-16-23(9-6-5-7-10-23)11-8-19(25)13-17-12-18(24)15-20(14-17)27-4/h12,14-15,19H,5-11,13,16H2,1-4H3. The van der Waals surface area contributed by atoms with E-state index in [0.717, 1.165) is 24.9 Å². The van der Waals surface area contributed by atoms with Gasteiger partial charge in [0.1, 0.15) is 17.2 Å². The molecule has 1 spiro atoms. The second-order valence-corrected chi connectivity index (χ2v) is 9.56. The van der Waals surface area contributed by atoms with Gasteiger partial charge in [0.2, 0.25) is 0 Å². The molecule has 1 atom stereocenters. The van der Waals surface area contributed by atoms with Crippen LogP contribution in [0.5, 0.6) is 5.75 Å². The average Bonchev–Trinajstić information content (AvgIpc) is 2.62. The van der Waals surface area contributed by atoms with Crippen LogP contribution in [0.4, 0.5) is 9.18 Å². The highest BCUT2D eigenvalue weighted by Crippen LogP contribution is 2.45. The summed E-state index contributed by atoms with van der Waals surface area (Å²) in [6.45, 7) is 6.45. The topological polar surface area (TPSA) is 38.8 Å². The molecule has 4 nitrogen and oxygen atoms in total. The number of likely N-dealkylation sites (tertiary alicyclic amines) is 1. The minimum absolute atomic E-state index is 0.0221. The summed E-state index contributed by atoms with van der Waals surface area (Å²) in [6, 6.07) is 4.81. The van der Waals surface area contributed by atoms with Gasteiger partial charge in [-0.2, -0.15) is 0 Å². The molecule has 1 aliphatic carbocycles. The van der Waals surface area contributed by atoms with Gasteiger partial charge < -0.3 is 14.4 Å². The van der Waals surface area contributed by atoms with Crippen LogP contribution in [0, 0.1) is 11.2 Å². The summed E-state index contributed by atoms with van der Waals surface area (Å²) >= 11 is 0. The third kappa shape index (κ3) is 5.18. The number of hydrogen-bond acceptors (Lipinski definition) is 3. The van der Waals surface area contributed by atoms with Crippen LogP contribution in [-0.4, -0.2) is 36.3 Å². The van der Waals surface area contributed by atoms with Crippen LogP contribution in [0.25, 0.3) is 0 Å². The molecule has 2 fully saturated rings. The summed E-state index contributed by atoms with van der Waals surface area (Å²) in [6.07, 6.45) is 8.58. The van der Waals surface area contributed by atoms with E-state index in [4.69, 9.17) is 9.47 Å². The van der Waals surface area contributed by atoms with Crippen LogP contribution in [0.3, 0.4) is 0 Å². The van der Waals surface area contributed by atoms with Crippen LogP contribution in [-0.2, 0) is 11.2 Å². The molecule has 0 N–H and O–H groups in total. The first-order valence-corrected chi connectivity index (χ1v) is 10.5. The van der Waals surface area contributed by atoms with Gasteiger partial charge >= 0.3 is 6.09 Å². The Hall–Kier alpha value is -1.78. The summed E-state index contributed by atoms with van der Waals surface area (Å²) in [5.74, 6) is 0.205. The van der Waals surface area contributed by atoms with E-state index in [-0.39, 0.29) is 23.4 Å². The molecule has 1 heterocycles. The molecule has 1 aliphatic heterocycles. The summed E-state index contributed by atoms with van der Waals surface area (Å²) in [7, 11) is 1.54. The molecule has 1 amide bonds. The Labute approximate surface area is 168 Å². The maximum Gasteiger partial charge on any atom is 0.410 e. The fraction of sp³-hybridized carbons (Fsp3) is 0.696. The monoisotopic (exact) mass is 391 g/mol. The lowest BCUT2D eigenvalue weighted by molar-refractivity contribution is -0.0221. The Balaban J connectivity index is 1.81. The molecular formula is C23H34FNO3. The lowest BCUT2D eigenvalue weighted by atomic mass is 9.68. The number of methoxy groups -OCH3 is 1. The second kappa shape index (κ2) is 8.30. The molecule has 1 aromatic carbocycles. The zero-order valence-corrected chi connectivity index (χ0v) is 17.7. The summed E-state index contributed by atoms with van der Waals surface area (Å²) < 4.78 is 24.9. The lowest BCUT2D eigenvalue weighted by Crippen LogP contribution is -2.54. The van der Waals surface area contributed by atoms with E-state index in [1.165, 1.54) is 38.2 Å². The van der Waals surface area contributed by atoms with Gasteiger partial charge in [-0.15, -0.1) is 0 Å². The minimum atomic E-state index is -0.527. The molecule has 3 rings (SSSR count). The Morgan fingerprint density at radius 3 is 2.54 bits per heavy atom. The maximum atomic E-state index is 13.9. The van der Waals surface area contributed by atoms with Crippen molar-refractivity contribution in [2.24, 2.45) is 5.41 Å². The van der Waals surface area contributed by atoms with Gasteiger partial charge in [0.25, 0.3) is 0 Å². The highest BCUT2D eigenvalue weighted by atomic mass is 19.1. The first-order chi connectivity index (χ1) is 13.2. The zero-order valence-electron chi connectivity index (χ0n) is 17.7. The van der Waals surface area contributed by atoms with Crippen molar-refractivity contribution >= 4 is 6.09 Å². The summed E-state index contributed by atoms with van der Waals surface area (Å²) in [5, 5.41) is 0. The van der Waals surface area contributed by atoms with E-state index in [1.54, 1.807) is 13.2 Å². The van der Waals surface area contributed by atoms with Crippen LogP contribution >= 0.6 is 0 Å². The van der Waals surface area contributed by atoms with Crippen LogP contribution in [0.15, 0.2) is 18.2 Å². The normalized spacial score (nSPS) is 22.2. The number of piperidine rings is 1. The number of amides is 1. The van der Waals surface area contributed by atoms with Gasteiger partial charge in [-0.05, 0) is 76.0 Å². The first-order valence-electron chi connectivity index (χ1n) is 10.5. The molecule has 1 aromatic rings. The molecule has 0 bridgehead atoms. The van der Waals surface area contributed by atoms with Crippen molar-refractivity contribution < 1.29 is 18.7 Å². The SMILES string of the molecule is COc1cc(F)cc(CC2CCC3(CCCCC3)CN2C(=O)OC(C)(C)C)c1. The number of nitrogens with zero attached hydrogens (tertiary/aromatic N) is 1. The number of rotatable bonds is 3. The fourth-order valence-electron chi connectivity index (χ4n) is 4.78. The third-order valence-corrected chi connectivity index (χ3v) is 6.13. The fourth-order valence-corrected chi connectivity index (χ4v) is 4.78. The van der Waals surface area contributed by atoms with Gasteiger partial charge in [-0.25, -0.2) is 9.18 Å². The third-order valence-electron chi connectivity index (χ3n) is 6.13. The van der Waals surface area contributed by atoms with Gasteiger partial charge in [0.15, 0.2) is 0 Å². The Bertz CT molecular complexity index is 692. The molecule has 28 heavy (non-hydrogen) atoms. The van der Waals surface area contributed by atoms with Crippen LogP contribution < -0.4 is 4.74 Å². The Kier molecular flexibility index (Phi) is 6.21. The van der Waals surface area contributed by atoms with Gasteiger partial charge in [-0.1, -0.05) is 19.3 Å². The van der Waals surface area contributed by atoms with Crippen molar-refractivity contribution in [1.29, 1.82) is 0 Å². The highest BCUT2D eigenvalue weighted by molar-refractivity contribution is 5.69. The molecule has 1 saturated heterocycles. The van der Waals surface area contributed by atoms with Gasteiger partial charge in [0, 0.05) is 18.7 Å². The largest absolute Gasteiger partial charge is 0.497 e. The van der Waals surface area contributed by atoms with E-state index in [2.05, 4.69) is 0 Å². The Morgan fingerprint density at radius 1 is 1.18 bits per heavy atom. The lowest BCUT2D eigenvalue weighted by Gasteiger charge is -2.49. The van der Waals surface area contributed by atoms with E-state index >= 15 is 0 Å². The second-order valence-electron chi connectivity index (χ2n) is 9.56. The Morgan fingerprint density at radius 2 is 1.89 bits per heavy atom. The number of carbonyl (C=O) groups is 1. The number of hydrogen-bond donors (Lipinski definition) is 0. The molecule has 156 valence electrons. The van der Waals surface area contributed by atoms with Crippen molar-refractivity contribution in [2.75, 3.05) is 13.7 Å². The predicted molar refractivity (Wildman–Crippen MR) is 108 cm³/mol. The van der Waals surface area contributed by atoms with Crippen LogP contribution in [0.2, 0.25) is 0 Å². The molecule has 0 aromatic heterocycles. The quantitative estimate of drug-likeness (QED) is 0.661. The molecule has 5 heteroatoms. The number of halogens is 1. The summed E-state index contributed by atoms with van der Waals surface area (Å²) in [4.78, 5) is 15.0. The smallest absolute Gasteiger partial charge is 0.410 e. The van der Waals surface area contributed by atoms with Gasteiger partial charge in [-0.3, -0.25) is 0 Å². The average molecular weight is 392 g/mol. The zero-order chi connectivity index (χ0) is 20.4.